The molecule has 0 saturated carbocycles. The number of methoxy groups -OCH3 is 1. The molecule has 0 aliphatic heterocycles. The highest BCUT2D eigenvalue weighted by atomic mass is 16.5. The number of pyridine rings is 1. The van der Waals surface area contributed by atoms with E-state index in [9.17, 15) is 14.4 Å². The van der Waals surface area contributed by atoms with Crippen molar-refractivity contribution in [1.29, 1.82) is 0 Å². The minimum atomic E-state index is -0.779. The van der Waals surface area contributed by atoms with Crippen molar-refractivity contribution in [3.8, 4) is 5.75 Å². The molecule has 0 atom stereocenters. The van der Waals surface area contributed by atoms with Crippen LogP contribution in [0.4, 0.5) is 0 Å². The van der Waals surface area contributed by atoms with Crippen LogP contribution < -0.4 is 10.3 Å². The SMILES string of the molecule is COC(=O)c1[nH]c(=O)c2ccccc2c1OC(C)=O. The fraction of sp³-hybridized carbons (Fsp3) is 0.154. The van der Waals surface area contributed by atoms with Crippen LogP contribution in [0.5, 0.6) is 5.75 Å². The van der Waals surface area contributed by atoms with Gasteiger partial charge < -0.3 is 14.5 Å². The van der Waals surface area contributed by atoms with E-state index in [1.807, 2.05) is 0 Å². The summed E-state index contributed by atoms with van der Waals surface area (Å²) in [6.45, 7) is 1.21. The molecule has 1 aromatic carbocycles. The fourth-order valence-corrected chi connectivity index (χ4v) is 1.75. The largest absolute Gasteiger partial charge is 0.464 e. The number of aromatic nitrogens is 1. The van der Waals surface area contributed by atoms with Crippen molar-refractivity contribution in [2.45, 2.75) is 6.92 Å². The number of hydrogen-bond donors (Lipinski definition) is 1. The Morgan fingerprint density at radius 3 is 2.37 bits per heavy atom. The Hall–Kier alpha value is -2.63. The second-order valence-corrected chi connectivity index (χ2v) is 3.79. The van der Waals surface area contributed by atoms with Gasteiger partial charge in [0.25, 0.3) is 5.56 Å². The molecule has 1 aromatic heterocycles. The predicted octanol–water partition coefficient (Wildman–Crippen LogP) is 1.24. The molecule has 0 radical (unpaired) electrons. The first kappa shape index (κ1) is 12.8. The van der Waals surface area contributed by atoms with E-state index in [4.69, 9.17) is 4.74 Å². The van der Waals surface area contributed by atoms with Crippen LogP contribution in [-0.2, 0) is 9.53 Å². The highest BCUT2D eigenvalue weighted by Crippen LogP contribution is 2.26. The first-order chi connectivity index (χ1) is 9.04. The van der Waals surface area contributed by atoms with Gasteiger partial charge in [-0.05, 0) is 6.07 Å². The third-order valence-corrected chi connectivity index (χ3v) is 2.52. The summed E-state index contributed by atoms with van der Waals surface area (Å²) in [5.74, 6) is -1.38. The lowest BCUT2D eigenvalue weighted by Gasteiger charge is -2.10. The van der Waals surface area contributed by atoms with Crippen molar-refractivity contribution in [3.63, 3.8) is 0 Å². The van der Waals surface area contributed by atoms with Crippen LogP contribution in [0, 0.1) is 0 Å². The van der Waals surface area contributed by atoms with Crippen LogP contribution in [-0.4, -0.2) is 24.0 Å². The van der Waals surface area contributed by atoms with E-state index < -0.39 is 17.5 Å². The number of carbonyl (C=O) groups excluding carboxylic acids is 2. The fourth-order valence-electron chi connectivity index (χ4n) is 1.75. The summed E-state index contributed by atoms with van der Waals surface area (Å²) in [4.78, 5) is 37.0. The molecule has 0 amide bonds. The molecular weight excluding hydrogens is 250 g/mol. The standard InChI is InChI=1S/C13H11NO5/c1-7(15)19-11-8-5-3-4-6-9(8)12(16)14-10(11)13(17)18-2/h3-6H,1-2H3,(H,14,16). The van der Waals surface area contributed by atoms with Gasteiger partial charge in [-0.2, -0.15) is 0 Å². The third-order valence-electron chi connectivity index (χ3n) is 2.52. The van der Waals surface area contributed by atoms with Crippen LogP contribution in [0.3, 0.4) is 0 Å². The van der Waals surface area contributed by atoms with Gasteiger partial charge in [0.15, 0.2) is 11.4 Å². The van der Waals surface area contributed by atoms with Gasteiger partial charge in [0, 0.05) is 12.3 Å². The second kappa shape index (κ2) is 4.93. The molecule has 0 bridgehead atoms. The molecular formula is C13H11NO5. The van der Waals surface area contributed by atoms with Crippen molar-refractivity contribution >= 4 is 22.7 Å². The number of benzene rings is 1. The van der Waals surface area contributed by atoms with Gasteiger partial charge >= 0.3 is 11.9 Å². The number of H-pyrrole nitrogens is 1. The van der Waals surface area contributed by atoms with E-state index >= 15 is 0 Å². The van der Waals surface area contributed by atoms with Crippen molar-refractivity contribution in [2.24, 2.45) is 0 Å². The molecule has 0 unspecified atom stereocenters. The molecule has 0 aliphatic rings. The first-order valence-corrected chi connectivity index (χ1v) is 5.46. The normalized spacial score (nSPS) is 10.2. The lowest BCUT2D eigenvalue weighted by Crippen LogP contribution is -2.18. The van der Waals surface area contributed by atoms with Gasteiger partial charge in [-0.15, -0.1) is 0 Å². The number of aromatic amines is 1. The Balaban J connectivity index is 2.83. The monoisotopic (exact) mass is 261 g/mol. The number of nitrogens with one attached hydrogen (secondary N) is 1. The van der Waals surface area contributed by atoms with Crippen molar-refractivity contribution < 1.29 is 19.1 Å². The van der Waals surface area contributed by atoms with Gasteiger partial charge in [-0.3, -0.25) is 9.59 Å². The Kier molecular flexibility index (Phi) is 3.33. The molecule has 98 valence electrons. The zero-order valence-corrected chi connectivity index (χ0v) is 10.4. The van der Waals surface area contributed by atoms with Gasteiger partial charge in [-0.1, -0.05) is 18.2 Å². The van der Waals surface area contributed by atoms with Gasteiger partial charge in [0.1, 0.15) is 0 Å². The predicted molar refractivity (Wildman–Crippen MR) is 67.2 cm³/mol. The number of hydrogen-bond acceptors (Lipinski definition) is 5. The van der Waals surface area contributed by atoms with Gasteiger partial charge in [0.05, 0.1) is 12.5 Å². The molecule has 6 heteroatoms. The highest BCUT2D eigenvalue weighted by molar-refractivity contribution is 6.00. The number of esters is 2. The summed E-state index contributed by atoms with van der Waals surface area (Å²) in [5, 5.41) is 0.702. The summed E-state index contributed by atoms with van der Waals surface area (Å²) < 4.78 is 9.59. The lowest BCUT2D eigenvalue weighted by molar-refractivity contribution is -0.131. The molecule has 6 nitrogen and oxygen atoms in total. The zero-order valence-electron chi connectivity index (χ0n) is 10.4. The van der Waals surface area contributed by atoms with Crippen molar-refractivity contribution in [1.82, 2.24) is 4.98 Å². The van der Waals surface area contributed by atoms with Gasteiger partial charge in [-0.25, -0.2) is 4.79 Å². The molecule has 0 aliphatic carbocycles. The Labute approximate surface area is 108 Å². The van der Waals surface area contributed by atoms with Crippen LogP contribution in [0.2, 0.25) is 0 Å². The Morgan fingerprint density at radius 2 is 1.79 bits per heavy atom. The summed E-state index contributed by atoms with van der Waals surface area (Å²) in [6, 6.07) is 6.51. The van der Waals surface area contributed by atoms with Crippen LogP contribution in [0.15, 0.2) is 29.1 Å². The number of ether oxygens (including phenoxy) is 2. The maximum atomic E-state index is 11.9. The molecule has 0 saturated heterocycles. The first-order valence-electron chi connectivity index (χ1n) is 5.46. The summed E-state index contributed by atoms with van der Waals surface area (Å²) in [6.07, 6.45) is 0. The van der Waals surface area contributed by atoms with E-state index in [-0.39, 0.29) is 11.4 Å². The summed E-state index contributed by atoms with van der Waals surface area (Å²) in [7, 11) is 1.17. The maximum Gasteiger partial charge on any atom is 0.358 e. The third kappa shape index (κ3) is 2.33. The highest BCUT2D eigenvalue weighted by Gasteiger charge is 2.20. The maximum absolute atomic E-state index is 11.9. The van der Waals surface area contributed by atoms with E-state index in [2.05, 4.69) is 9.72 Å². The lowest BCUT2D eigenvalue weighted by atomic mass is 10.1. The van der Waals surface area contributed by atoms with E-state index in [1.54, 1.807) is 24.3 Å². The number of fused-ring (bicyclic) bond motifs is 1. The Bertz CT molecular complexity index is 717. The average Bonchev–Trinajstić information content (AvgIpc) is 2.40. The minimum Gasteiger partial charge on any atom is -0.464 e. The second-order valence-electron chi connectivity index (χ2n) is 3.79. The Morgan fingerprint density at radius 1 is 1.16 bits per heavy atom. The van der Waals surface area contributed by atoms with Crippen molar-refractivity contribution in [3.05, 3.63) is 40.3 Å². The molecule has 2 aromatic rings. The van der Waals surface area contributed by atoms with E-state index in [1.165, 1.54) is 14.0 Å². The van der Waals surface area contributed by atoms with Crippen LogP contribution in [0.25, 0.3) is 10.8 Å². The topological polar surface area (TPSA) is 85.5 Å². The average molecular weight is 261 g/mol. The smallest absolute Gasteiger partial charge is 0.358 e. The molecule has 0 fully saturated rings. The summed E-state index contributed by atoms with van der Waals surface area (Å²) in [5.41, 5.74) is -0.631. The van der Waals surface area contributed by atoms with Gasteiger partial charge in [0.2, 0.25) is 0 Å². The zero-order chi connectivity index (χ0) is 14.0. The molecule has 0 spiro atoms. The van der Waals surface area contributed by atoms with E-state index in [0.29, 0.717) is 10.8 Å². The van der Waals surface area contributed by atoms with Crippen LogP contribution in [0.1, 0.15) is 17.4 Å². The molecule has 2 rings (SSSR count). The minimum absolute atomic E-state index is 0.00505. The quantitative estimate of drug-likeness (QED) is 0.822. The number of carbonyl (C=O) groups is 2. The summed E-state index contributed by atoms with van der Waals surface area (Å²) >= 11 is 0. The van der Waals surface area contributed by atoms with E-state index in [0.717, 1.165) is 0 Å². The molecule has 1 N–H and O–H groups in total. The van der Waals surface area contributed by atoms with Crippen molar-refractivity contribution in [2.75, 3.05) is 7.11 Å². The molecule has 1 heterocycles. The number of rotatable bonds is 2. The molecule has 19 heavy (non-hydrogen) atoms. The van der Waals surface area contributed by atoms with Crippen LogP contribution >= 0.6 is 0 Å².